The Morgan fingerprint density at radius 1 is 0.968 bits per heavy atom. The Morgan fingerprint density at radius 3 is 2.10 bits per heavy atom. The minimum atomic E-state index is -0.393. The van der Waals surface area contributed by atoms with Crippen LogP contribution in [0.25, 0.3) is 11.3 Å². The molecule has 1 fully saturated rings. The zero-order chi connectivity index (χ0) is 22.0. The van der Waals surface area contributed by atoms with Crippen molar-refractivity contribution in [2.24, 2.45) is 11.7 Å². The van der Waals surface area contributed by atoms with E-state index in [2.05, 4.69) is 49.3 Å². The van der Waals surface area contributed by atoms with Crippen LogP contribution in [0.5, 0.6) is 0 Å². The van der Waals surface area contributed by atoms with Crippen LogP contribution in [0.1, 0.15) is 64.9 Å². The molecule has 0 aliphatic heterocycles. The Morgan fingerprint density at radius 2 is 1.55 bits per heavy atom. The van der Waals surface area contributed by atoms with Gasteiger partial charge >= 0.3 is 0 Å². The SMILES string of the molecule is Cc1oc(-c2ccccc2)c(C2CCC(C(c3ccccc3)N(C)C)CC2)c1C(N)=O. The normalized spacial score (nSPS) is 20.0. The molecule has 4 nitrogen and oxygen atoms in total. The number of nitrogens with zero attached hydrogens (tertiary/aromatic N) is 1. The quantitative estimate of drug-likeness (QED) is 0.542. The lowest BCUT2D eigenvalue weighted by Gasteiger charge is -2.37. The molecule has 1 aliphatic carbocycles. The molecule has 0 radical (unpaired) electrons. The van der Waals surface area contributed by atoms with Crippen molar-refractivity contribution in [3.05, 3.63) is 83.1 Å². The largest absolute Gasteiger partial charge is 0.460 e. The molecular formula is C27H32N2O2. The zero-order valence-corrected chi connectivity index (χ0v) is 18.7. The van der Waals surface area contributed by atoms with Gasteiger partial charge in [-0.1, -0.05) is 60.7 Å². The van der Waals surface area contributed by atoms with E-state index in [4.69, 9.17) is 10.2 Å². The highest BCUT2D eigenvalue weighted by Crippen LogP contribution is 2.47. The maximum Gasteiger partial charge on any atom is 0.252 e. The minimum absolute atomic E-state index is 0.282. The molecule has 1 heterocycles. The predicted octanol–water partition coefficient (Wildman–Crippen LogP) is 5.93. The summed E-state index contributed by atoms with van der Waals surface area (Å²) in [6, 6.07) is 21.2. The standard InChI is InChI=1S/C27H32N2O2/c1-18-23(27(28)30)24(26(31-18)22-12-8-5-9-13-22)19-14-16-21(17-15-19)25(29(2)3)20-10-6-4-7-11-20/h4-13,19,21,25H,14-17H2,1-3H3,(H2,28,30). The number of hydrogen-bond acceptors (Lipinski definition) is 3. The molecule has 1 saturated carbocycles. The Bertz CT molecular complexity index is 1020. The third kappa shape index (κ3) is 4.31. The molecule has 162 valence electrons. The van der Waals surface area contributed by atoms with Crippen molar-refractivity contribution in [2.45, 2.75) is 44.6 Å². The van der Waals surface area contributed by atoms with Gasteiger partial charge in [0.1, 0.15) is 11.5 Å². The van der Waals surface area contributed by atoms with E-state index < -0.39 is 5.91 Å². The molecule has 0 spiro atoms. The van der Waals surface area contributed by atoms with Crippen molar-refractivity contribution >= 4 is 5.91 Å². The predicted molar refractivity (Wildman–Crippen MR) is 125 cm³/mol. The van der Waals surface area contributed by atoms with Crippen molar-refractivity contribution in [2.75, 3.05) is 14.1 Å². The van der Waals surface area contributed by atoms with E-state index in [1.807, 2.05) is 37.3 Å². The zero-order valence-electron chi connectivity index (χ0n) is 18.7. The molecule has 1 unspecified atom stereocenters. The molecule has 4 rings (SSSR count). The van der Waals surface area contributed by atoms with Crippen molar-refractivity contribution in [1.29, 1.82) is 0 Å². The summed E-state index contributed by atoms with van der Waals surface area (Å²) in [4.78, 5) is 14.7. The second-order valence-corrected chi connectivity index (χ2v) is 8.94. The number of carbonyl (C=O) groups excluding carboxylic acids is 1. The third-order valence-electron chi connectivity index (χ3n) is 6.73. The number of rotatable bonds is 6. The summed E-state index contributed by atoms with van der Waals surface area (Å²) in [5.74, 6) is 1.90. The summed E-state index contributed by atoms with van der Waals surface area (Å²) < 4.78 is 6.12. The van der Waals surface area contributed by atoms with Crippen LogP contribution in [-0.2, 0) is 0 Å². The van der Waals surface area contributed by atoms with Gasteiger partial charge in [0, 0.05) is 17.2 Å². The second kappa shape index (κ2) is 9.11. The van der Waals surface area contributed by atoms with E-state index in [9.17, 15) is 4.79 Å². The third-order valence-corrected chi connectivity index (χ3v) is 6.73. The second-order valence-electron chi connectivity index (χ2n) is 8.94. The van der Waals surface area contributed by atoms with Gasteiger partial charge in [-0.3, -0.25) is 4.79 Å². The number of benzene rings is 2. The van der Waals surface area contributed by atoms with Crippen molar-refractivity contribution in [1.82, 2.24) is 4.90 Å². The van der Waals surface area contributed by atoms with Crippen LogP contribution >= 0.6 is 0 Å². The van der Waals surface area contributed by atoms with Crippen molar-refractivity contribution in [3.63, 3.8) is 0 Å². The Labute approximate surface area is 185 Å². The molecule has 1 atom stereocenters. The van der Waals surface area contributed by atoms with Gasteiger partial charge in [0.05, 0.1) is 5.56 Å². The summed E-state index contributed by atoms with van der Waals surface area (Å²) in [6.07, 6.45) is 4.28. The number of amides is 1. The topological polar surface area (TPSA) is 59.5 Å². The Kier molecular flexibility index (Phi) is 6.28. The lowest BCUT2D eigenvalue weighted by Crippen LogP contribution is -2.30. The first-order valence-corrected chi connectivity index (χ1v) is 11.2. The first-order valence-electron chi connectivity index (χ1n) is 11.2. The van der Waals surface area contributed by atoms with Gasteiger partial charge in [0.2, 0.25) is 0 Å². The van der Waals surface area contributed by atoms with E-state index in [0.29, 0.717) is 23.3 Å². The van der Waals surface area contributed by atoms with Gasteiger partial charge in [-0.2, -0.15) is 0 Å². The lowest BCUT2D eigenvalue weighted by atomic mass is 9.73. The van der Waals surface area contributed by atoms with Gasteiger partial charge in [0.15, 0.2) is 0 Å². The van der Waals surface area contributed by atoms with Gasteiger partial charge in [0.25, 0.3) is 5.91 Å². The van der Waals surface area contributed by atoms with E-state index >= 15 is 0 Å². The van der Waals surface area contributed by atoms with Crippen LogP contribution in [0.15, 0.2) is 65.1 Å². The molecule has 2 N–H and O–H groups in total. The monoisotopic (exact) mass is 416 g/mol. The number of primary amides is 1. The van der Waals surface area contributed by atoms with Gasteiger partial charge in [-0.15, -0.1) is 0 Å². The van der Waals surface area contributed by atoms with Crippen LogP contribution in [0, 0.1) is 12.8 Å². The molecule has 1 aromatic heterocycles. The fraction of sp³-hybridized carbons (Fsp3) is 0.370. The van der Waals surface area contributed by atoms with Crippen LogP contribution in [0.3, 0.4) is 0 Å². The average molecular weight is 417 g/mol. The number of nitrogens with two attached hydrogens (primary N) is 1. The highest BCUT2D eigenvalue weighted by molar-refractivity contribution is 5.97. The molecule has 1 amide bonds. The van der Waals surface area contributed by atoms with E-state index in [1.54, 1.807) is 0 Å². The summed E-state index contributed by atoms with van der Waals surface area (Å²) in [5.41, 5.74) is 9.77. The number of furan rings is 1. The smallest absolute Gasteiger partial charge is 0.252 e. The summed E-state index contributed by atoms with van der Waals surface area (Å²) >= 11 is 0. The van der Waals surface area contributed by atoms with Crippen molar-refractivity contribution in [3.8, 4) is 11.3 Å². The van der Waals surface area contributed by atoms with Crippen LogP contribution in [0.4, 0.5) is 0 Å². The average Bonchev–Trinajstić information content (AvgIpc) is 3.13. The summed E-state index contributed by atoms with van der Waals surface area (Å²) in [7, 11) is 4.34. The Hall–Kier alpha value is -2.85. The molecule has 3 aromatic rings. The molecule has 4 heteroatoms. The van der Waals surface area contributed by atoms with E-state index in [0.717, 1.165) is 42.6 Å². The fourth-order valence-corrected chi connectivity index (χ4v) is 5.43. The minimum Gasteiger partial charge on any atom is -0.460 e. The number of aryl methyl sites for hydroxylation is 1. The molecule has 2 aromatic carbocycles. The highest BCUT2D eigenvalue weighted by Gasteiger charge is 2.35. The van der Waals surface area contributed by atoms with Crippen molar-refractivity contribution < 1.29 is 9.21 Å². The maximum absolute atomic E-state index is 12.3. The van der Waals surface area contributed by atoms with Crippen LogP contribution < -0.4 is 5.73 Å². The summed E-state index contributed by atoms with van der Waals surface area (Å²) in [6.45, 7) is 1.85. The van der Waals surface area contributed by atoms with Gasteiger partial charge in [-0.25, -0.2) is 0 Å². The van der Waals surface area contributed by atoms with Crippen LogP contribution in [0.2, 0.25) is 0 Å². The van der Waals surface area contributed by atoms with E-state index in [1.165, 1.54) is 5.56 Å². The lowest BCUT2D eigenvalue weighted by molar-refractivity contribution is 0.0997. The first-order chi connectivity index (χ1) is 15.0. The van der Waals surface area contributed by atoms with Crippen LogP contribution in [-0.4, -0.2) is 24.9 Å². The number of hydrogen-bond donors (Lipinski definition) is 1. The molecule has 0 saturated heterocycles. The highest BCUT2D eigenvalue weighted by atomic mass is 16.3. The fourth-order valence-electron chi connectivity index (χ4n) is 5.43. The molecular weight excluding hydrogens is 384 g/mol. The van der Waals surface area contributed by atoms with Gasteiger partial charge < -0.3 is 15.1 Å². The molecule has 1 aliphatic rings. The summed E-state index contributed by atoms with van der Waals surface area (Å²) in [5, 5.41) is 0. The molecule has 31 heavy (non-hydrogen) atoms. The first kappa shape index (κ1) is 21.4. The number of carbonyl (C=O) groups is 1. The Balaban J connectivity index is 1.62. The molecule has 0 bridgehead atoms. The van der Waals surface area contributed by atoms with E-state index in [-0.39, 0.29) is 5.92 Å². The van der Waals surface area contributed by atoms with Gasteiger partial charge in [-0.05, 0) is 64.1 Å². The maximum atomic E-state index is 12.3.